The van der Waals surface area contributed by atoms with Crippen molar-refractivity contribution in [3.05, 3.63) is 15.8 Å². The highest BCUT2D eigenvalue weighted by Crippen LogP contribution is 2.29. The maximum Gasteiger partial charge on any atom is 0.397 e. The predicted molar refractivity (Wildman–Crippen MR) is 59.7 cm³/mol. The molecule has 100 valence electrons. The molecule has 0 bridgehead atoms. The molecule has 0 aromatic carbocycles. The van der Waals surface area contributed by atoms with E-state index < -0.39 is 24.5 Å². The van der Waals surface area contributed by atoms with Crippen molar-refractivity contribution in [1.29, 1.82) is 0 Å². The van der Waals surface area contributed by atoms with Crippen molar-refractivity contribution in [2.75, 3.05) is 12.4 Å². The van der Waals surface area contributed by atoms with Gasteiger partial charge >= 0.3 is 12.1 Å². The molecular formula is C10H10F3NO3S. The first-order chi connectivity index (χ1) is 8.24. The lowest BCUT2D eigenvalue weighted by Gasteiger charge is -2.09. The van der Waals surface area contributed by atoms with Gasteiger partial charge in [-0.1, -0.05) is 0 Å². The van der Waals surface area contributed by atoms with Gasteiger partial charge < -0.3 is 10.1 Å². The Bertz CT molecular complexity index is 467. The largest absolute Gasteiger partial charge is 0.465 e. The van der Waals surface area contributed by atoms with Gasteiger partial charge in [-0.25, -0.2) is 4.79 Å². The number of esters is 1. The van der Waals surface area contributed by atoms with Crippen LogP contribution in [-0.4, -0.2) is 25.2 Å². The second kappa shape index (κ2) is 5.38. The molecule has 0 fully saturated rings. The highest BCUT2D eigenvalue weighted by Gasteiger charge is 2.32. The van der Waals surface area contributed by atoms with Crippen LogP contribution >= 0.6 is 11.3 Å². The topological polar surface area (TPSA) is 55.4 Å². The third kappa shape index (κ3) is 3.73. The van der Waals surface area contributed by atoms with Crippen LogP contribution in [0.4, 0.5) is 18.9 Å². The number of rotatable bonds is 3. The van der Waals surface area contributed by atoms with Gasteiger partial charge in [0, 0.05) is 0 Å². The van der Waals surface area contributed by atoms with Crippen LogP contribution in [-0.2, 0) is 9.53 Å². The fourth-order valence-corrected chi connectivity index (χ4v) is 2.13. The highest BCUT2D eigenvalue weighted by atomic mass is 32.1. The average Bonchev–Trinajstić information content (AvgIpc) is 2.57. The van der Waals surface area contributed by atoms with Crippen LogP contribution in [0.15, 0.2) is 5.38 Å². The van der Waals surface area contributed by atoms with Gasteiger partial charge in [0.1, 0.15) is 11.3 Å². The smallest absolute Gasteiger partial charge is 0.397 e. The zero-order valence-electron chi connectivity index (χ0n) is 9.55. The lowest BCUT2D eigenvalue weighted by molar-refractivity contribution is -0.150. The van der Waals surface area contributed by atoms with E-state index in [1.807, 2.05) is 0 Å². The summed E-state index contributed by atoms with van der Waals surface area (Å²) in [5.41, 5.74) is 0.581. The molecule has 0 radical (unpaired) electrons. The van der Waals surface area contributed by atoms with E-state index >= 15 is 0 Å². The van der Waals surface area contributed by atoms with Crippen molar-refractivity contribution in [3.8, 4) is 0 Å². The van der Waals surface area contributed by atoms with E-state index in [4.69, 9.17) is 0 Å². The number of nitrogens with one attached hydrogen (secondary N) is 1. The molecular weight excluding hydrogens is 271 g/mol. The highest BCUT2D eigenvalue weighted by molar-refractivity contribution is 7.12. The Morgan fingerprint density at radius 2 is 2.06 bits per heavy atom. The lowest BCUT2D eigenvalue weighted by Crippen LogP contribution is -2.22. The summed E-state index contributed by atoms with van der Waals surface area (Å²) in [6, 6.07) is 0. The second-order valence-electron chi connectivity index (χ2n) is 3.45. The molecule has 1 aromatic rings. The van der Waals surface area contributed by atoms with E-state index in [2.05, 4.69) is 10.1 Å². The third-order valence-corrected chi connectivity index (χ3v) is 3.05. The first-order valence-corrected chi connectivity index (χ1v) is 5.65. The van der Waals surface area contributed by atoms with Crippen molar-refractivity contribution in [3.63, 3.8) is 0 Å². The predicted octanol–water partition coefficient (Wildman–Crippen LogP) is 2.73. The van der Waals surface area contributed by atoms with Crippen LogP contribution in [0, 0.1) is 6.92 Å². The van der Waals surface area contributed by atoms with Crippen LogP contribution in [0.25, 0.3) is 0 Å². The number of aryl methyl sites for hydroxylation is 1. The monoisotopic (exact) mass is 281 g/mol. The maximum absolute atomic E-state index is 12.0. The Labute approximate surface area is 105 Å². The number of thiophene rings is 1. The maximum atomic E-state index is 12.0. The molecule has 0 saturated carbocycles. The normalized spacial score (nSPS) is 11.2. The quantitative estimate of drug-likeness (QED) is 0.867. The van der Waals surface area contributed by atoms with Gasteiger partial charge in [-0.05, 0) is 17.9 Å². The Morgan fingerprint density at radius 1 is 1.44 bits per heavy atom. The SMILES string of the molecule is COC(=O)c1scc(C)c1NC(=O)CC(F)(F)F. The molecule has 0 unspecified atom stereocenters. The number of methoxy groups -OCH3 is 1. The molecule has 0 aliphatic rings. The summed E-state index contributed by atoms with van der Waals surface area (Å²) in [5, 5.41) is 3.63. The van der Waals surface area contributed by atoms with Crippen molar-refractivity contribution >= 4 is 28.9 Å². The van der Waals surface area contributed by atoms with Crippen LogP contribution in [0.3, 0.4) is 0 Å². The fourth-order valence-electron chi connectivity index (χ4n) is 1.21. The Morgan fingerprint density at radius 3 is 2.56 bits per heavy atom. The van der Waals surface area contributed by atoms with Crippen molar-refractivity contribution in [2.45, 2.75) is 19.5 Å². The van der Waals surface area contributed by atoms with Gasteiger partial charge in [0.2, 0.25) is 5.91 Å². The number of carbonyl (C=O) groups excluding carboxylic acids is 2. The molecule has 0 spiro atoms. The average molecular weight is 281 g/mol. The molecule has 1 heterocycles. The van der Waals surface area contributed by atoms with E-state index in [0.717, 1.165) is 18.4 Å². The van der Waals surface area contributed by atoms with Crippen molar-refractivity contribution in [2.24, 2.45) is 0 Å². The molecule has 4 nitrogen and oxygen atoms in total. The Kier molecular flexibility index (Phi) is 4.33. The van der Waals surface area contributed by atoms with Crippen LogP contribution < -0.4 is 5.32 Å². The number of carbonyl (C=O) groups is 2. The van der Waals surface area contributed by atoms with Crippen LogP contribution in [0.1, 0.15) is 21.7 Å². The number of ether oxygens (including phenoxy) is 1. The van der Waals surface area contributed by atoms with Crippen LogP contribution in [0.5, 0.6) is 0 Å². The van der Waals surface area contributed by atoms with Crippen LogP contribution in [0.2, 0.25) is 0 Å². The van der Waals surface area contributed by atoms with Gasteiger partial charge in [0.15, 0.2) is 0 Å². The summed E-state index contributed by atoms with van der Waals surface area (Å²) >= 11 is 0.998. The number of alkyl halides is 3. The zero-order chi connectivity index (χ0) is 13.9. The minimum Gasteiger partial charge on any atom is -0.465 e. The summed E-state index contributed by atoms with van der Waals surface area (Å²) < 4.78 is 40.5. The van der Waals surface area contributed by atoms with Crippen molar-refractivity contribution < 1.29 is 27.5 Å². The number of amides is 1. The van der Waals surface area contributed by atoms with E-state index in [1.54, 1.807) is 12.3 Å². The molecule has 1 amide bonds. The molecule has 0 saturated heterocycles. The van der Waals surface area contributed by atoms with Gasteiger partial charge in [-0.15, -0.1) is 11.3 Å². The lowest BCUT2D eigenvalue weighted by atomic mass is 10.2. The van der Waals surface area contributed by atoms with Gasteiger partial charge in [0.05, 0.1) is 12.8 Å². The molecule has 0 aliphatic carbocycles. The van der Waals surface area contributed by atoms with E-state index in [0.29, 0.717) is 5.56 Å². The summed E-state index contributed by atoms with van der Waals surface area (Å²) in [4.78, 5) is 22.6. The first-order valence-electron chi connectivity index (χ1n) is 4.77. The van der Waals surface area contributed by atoms with Gasteiger partial charge in [-0.2, -0.15) is 13.2 Å². The summed E-state index contributed by atoms with van der Waals surface area (Å²) in [6.07, 6.45) is -6.18. The molecule has 0 atom stereocenters. The molecule has 1 rings (SSSR count). The number of hydrogen-bond acceptors (Lipinski definition) is 4. The summed E-state index contributed by atoms with van der Waals surface area (Å²) in [7, 11) is 1.15. The Hall–Kier alpha value is -1.57. The number of hydrogen-bond donors (Lipinski definition) is 1. The molecule has 0 aliphatic heterocycles. The van der Waals surface area contributed by atoms with Gasteiger partial charge in [-0.3, -0.25) is 4.79 Å². The molecule has 1 aromatic heterocycles. The number of anilines is 1. The van der Waals surface area contributed by atoms with E-state index in [1.165, 1.54) is 0 Å². The van der Waals surface area contributed by atoms with Crippen molar-refractivity contribution in [1.82, 2.24) is 0 Å². The molecule has 1 N–H and O–H groups in total. The molecule has 8 heteroatoms. The minimum atomic E-state index is -4.58. The first kappa shape index (κ1) is 14.5. The standard InChI is InChI=1S/C10H10F3NO3S/c1-5-4-18-8(9(16)17-2)7(5)14-6(15)3-10(11,12)13/h4H,3H2,1-2H3,(H,14,15). The molecule has 18 heavy (non-hydrogen) atoms. The number of halogens is 3. The van der Waals surface area contributed by atoms with E-state index in [-0.39, 0.29) is 10.6 Å². The second-order valence-corrected chi connectivity index (χ2v) is 4.33. The summed E-state index contributed by atoms with van der Waals surface area (Å²) in [6.45, 7) is 1.58. The van der Waals surface area contributed by atoms with E-state index in [9.17, 15) is 22.8 Å². The minimum absolute atomic E-state index is 0.0705. The fraction of sp³-hybridized carbons (Fsp3) is 0.400. The zero-order valence-corrected chi connectivity index (χ0v) is 10.4. The Balaban J connectivity index is 2.87. The van der Waals surface area contributed by atoms with Gasteiger partial charge in [0.25, 0.3) is 0 Å². The third-order valence-electron chi connectivity index (χ3n) is 1.97. The summed E-state index contributed by atoms with van der Waals surface area (Å²) in [5.74, 6) is -1.91.